The van der Waals surface area contributed by atoms with E-state index >= 15 is 0 Å². The van der Waals surface area contributed by atoms with Gasteiger partial charge in [0.25, 0.3) is 5.91 Å². The fraction of sp³-hybridized carbons (Fsp3) is 0.429. The van der Waals surface area contributed by atoms with Crippen LogP contribution in [0.4, 0.5) is 4.79 Å². The first-order chi connectivity index (χ1) is 9.20. The molecule has 0 radical (unpaired) electrons. The lowest BCUT2D eigenvalue weighted by Crippen LogP contribution is -3.11. The highest BCUT2D eigenvalue weighted by Crippen LogP contribution is 1.97. The van der Waals surface area contributed by atoms with Gasteiger partial charge in [-0.05, 0) is 6.92 Å². The summed E-state index contributed by atoms with van der Waals surface area (Å²) in [7, 11) is 0. The minimum atomic E-state index is -0.264. The van der Waals surface area contributed by atoms with Crippen LogP contribution in [0.1, 0.15) is 12.5 Å². The fourth-order valence-corrected chi connectivity index (χ4v) is 2.22. The highest BCUT2D eigenvalue weighted by Gasteiger charge is 2.28. The van der Waals surface area contributed by atoms with Crippen molar-refractivity contribution in [2.75, 3.05) is 26.2 Å². The van der Waals surface area contributed by atoms with Crippen molar-refractivity contribution in [3.63, 3.8) is 0 Å². The number of benzene rings is 1. The normalized spacial score (nSPS) is 16.3. The Morgan fingerprint density at radius 2 is 2.11 bits per heavy atom. The Hall–Kier alpha value is -1.88. The molecule has 5 heteroatoms. The van der Waals surface area contributed by atoms with Crippen molar-refractivity contribution in [1.82, 2.24) is 10.2 Å². The highest BCUT2D eigenvalue weighted by atomic mass is 16.2. The van der Waals surface area contributed by atoms with E-state index in [1.54, 1.807) is 0 Å². The molecule has 1 fully saturated rings. The average Bonchev–Trinajstić information content (AvgIpc) is 2.85. The van der Waals surface area contributed by atoms with Gasteiger partial charge in [-0.15, -0.1) is 0 Å². The second-order valence-electron chi connectivity index (χ2n) is 4.72. The number of hydrogen-bond acceptors (Lipinski definition) is 2. The van der Waals surface area contributed by atoms with E-state index in [4.69, 9.17) is 0 Å². The molecule has 19 heavy (non-hydrogen) atoms. The fourth-order valence-electron chi connectivity index (χ4n) is 2.22. The molecule has 1 unspecified atom stereocenters. The minimum Gasteiger partial charge on any atom is -0.336 e. The van der Waals surface area contributed by atoms with Crippen molar-refractivity contribution in [3.05, 3.63) is 35.9 Å². The number of imide groups is 1. The lowest BCUT2D eigenvalue weighted by atomic mass is 10.2. The van der Waals surface area contributed by atoms with Crippen LogP contribution < -0.4 is 10.2 Å². The Labute approximate surface area is 113 Å². The number of nitrogens with one attached hydrogen (secondary N) is 2. The SMILES string of the molecule is CC[NH+](CC(=O)N1CCNC1=O)Cc1ccccc1. The van der Waals surface area contributed by atoms with Gasteiger partial charge in [0.15, 0.2) is 6.54 Å². The average molecular weight is 262 g/mol. The summed E-state index contributed by atoms with van der Waals surface area (Å²) in [5.41, 5.74) is 1.21. The topological polar surface area (TPSA) is 53.9 Å². The van der Waals surface area contributed by atoms with Crippen LogP contribution in [-0.4, -0.2) is 43.0 Å². The van der Waals surface area contributed by atoms with Crippen LogP contribution in [0.3, 0.4) is 0 Å². The highest BCUT2D eigenvalue weighted by molar-refractivity contribution is 5.96. The largest absolute Gasteiger partial charge is 0.336 e. The summed E-state index contributed by atoms with van der Waals surface area (Å²) in [6.45, 7) is 5.12. The summed E-state index contributed by atoms with van der Waals surface area (Å²) in [6, 6.07) is 9.83. The van der Waals surface area contributed by atoms with E-state index in [1.807, 2.05) is 18.2 Å². The molecular formula is C14H20N3O2+. The van der Waals surface area contributed by atoms with Crippen molar-refractivity contribution in [2.45, 2.75) is 13.5 Å². The summed E-state index contributed by atoms with van der Waals surface area (Å²) in [4.78, 5) is 26.0. The Kier molecular flexibility index (Phi) is 4.52. The zero-order valence-corrected chi connectivity index (χ0v) is 11.2. The molecule has 0 aromatic heterocycles. The monoisotopic (exact) mass is 262 g/mol. The second-order valence-corrected chi connectivity index (χ2v) is 4.72. The number of hydrogen-bond donors (Lipinski definition) is 2. The van der Waals surface area contributed by atoms with E-state index in [0.29, 0.717) is 19.6 Å². The molecule has 1 aliphatic heterocycles. The third kappa shape index (κ3) is 3.54. The van der Waals surface area contributed by atoms with Gasteiger partial charge in [0, 0.05) is 18.7 Å². The lowest BCUT2D eigenvalue weighted by molar-refractivity contribution is -0.904. The van der Waals surface area contributed by atoms with E-state index < -0.39 is 0 Å². The number of likely N-dealkylation sites (N-methyl/N-ethyl adjacent to an activating group) is 1. The summed E-state index contributed by atoms with van der Waals surface area (Å²) >= 11 is 0. The predicted octanol–water partition coefficient (Wildman–Crippen LogP) is -0.357. The molecule has 0 spiro atoms. The molecule has 0 bridgehead atoms. The third-order valence-electron chi connectivity index (χ3n) is 3.36. The summed E-state index contributed by atoms with van der Waals surface area (Å²) in [5.74, 6) is -0.0946. The minimum absolute atomic E-state index is 0.0946. The van der Waals surface area contributed by atoms with E-state index in [2.05, 4.69) is 24.4 Å². The number of carbonyl (C=O) groups excluding carboxylic acids is 2. The molecule has 0 aliphatic carbocycles. The quantitative estimate of drug-likeness (QED) is 0.761. The third-order valence-corrected chi connectivity index (χ3v) is 3.36. The van der Waals surface area contributed by atoms with Gasteiger partial charge >= 0.3 is 6.03 Å². The number of quaternary nitrogens is 1. The number of urea groups is 1. The number of nitrogens with zero attached hydrogens (tertiary/aromatic N) is 1. The maximum Gasteiger partial charge on any atom is 0.324 e. The molecule has 2 rings (SSSR count). The van der Waals surface area contributed by atoms with Crippen molar-refractivity contribution in [3.8, 4) is 0 Å². The molecule has 1 aromatic carbocycles. The standard InChI is InChI=1S/C14H19N3O2/c1-2-16(10-12-6-4-3-5-7-12)11-13(18)17-9-8-15-14(17)19/h3-7H,2,8-11H2,1H3,(H,15,19)/p+1. The molecular weight excluding hydrogens is 242 g/mol. The summed E-state index contributed by atoms with van der Waals surface area (Å²) < 4.78 is 0. The van der Waals surface area contributed by atoms with E-state index in [-0.39, 0.29) is 11.9 Å². The van der Waals surface area contributed by atoms with E-state index in [0.717, 1.165) is 18.0 Å². The van der Waals surface area contributed by atoms with Crippen LogP contribution in [0.2, 0.25) is 0 Å². The first-order valence-electron chi connectivity index (χ1n) is 6.66. The number of amides is 3. The maximum atomic E-state index is 12.1. The first-order valence-corrected chi connectivity index (χ1v) is 6.66. The molecule has 0 saturated carbocycles. The molecule has 1 aromatic rings. The van der Waals surface area contributed by atoms with Gasteiger partial charge in [0.2, 0.25) is 0 Å². The lowest BCUT2D eigenvalue weighted by Gasteiger charge is -2.19. The van der Waals surface area contributed by atoms with Gasteiger partial charge in [-0.1, -0.05) is 30.3 Å². The summed E-state index contributed by atoms with van der Waals surface area (Å²) in [5, 5.41) is 2.65. The van der Waals surface area contributed by atoms with Crippen molar-refractivity contribution < 1.29 is 14.5 Å². The van der Waals surface area contributed by atoms with Gasteiger partial charge in [0.1, 0.15) is 6.54 Å². The van der Waals surface area contributed by atoms with E-state index in [9.17, 15) is 9.59 Å². The van der Waals surface area contributed by atoms with Gasteiger partial charge in [-0.25, -0.2) is 4.79 Å². The molecule has 3 amide bonds. The Bertz CT molecular complexity index is 447. The van der Waals surface area contributed by atoms with Crippen LogP contribution in [-0.2, 0) is 11.3 Å². The first kappa shape index (κ1) is 13.5. The van der Waals surface area contributed by atoms with E-state index in [1.165, 1.54) is 10.5 Å². The Balaban J connectivity index is 1.92. The molecule has 2 N–H and O–H groups in total. The van der Waals surface area contributed by atoms with Crippen LogP contribution in [0.5, 0.6) is 0 Å². The molecule has 1 aliphatic rings. The molecule has 5 nitrogen and oxygen atoms in total. The maximum absolute atomic E-state index is 12.1. The van der Waals surface area contributed by atoms with Gasteiger partial charge in [-0.3, -0.25) is 9.69 Å². The smallest absolute Gasteiger partial charge is 0.324 e. The summed E-state index contributed by atoms with van der Waals surface area (Å²) in [6.07, 6.45) is 0. The molecule has 1 atom stereocenters. The molecule has 1 heterocycles. The number of rotatable bonds is 5. The van der Waals surface area contributed by atoms with Crippen LogP contribution >= 0.6 is 0 Å². The Morgan fingerprint density at radius 1 is 1.37 bits per heavy atom. The van der Waals surface area contributed by atoms with Crippen molar-refractivity contribution >= 4 is 11.9 Å². The Morgan fingerprint density at radius 3 is 2.68 bits per heavy atom. The zero-order chi connectivity index (χ0) is 13.7. The van der Waals surface area contributed by atoms with Gasteiger partial charge in [-0.2, -0.15) is 0 Å². The molecule has 102 valence electrons. The van der Waals surface area contributed by atoms with Crippen molar-refractivity contribution in [1.29, 1.82) is 0 Å². The van der Waals surface area contributed by atoms with Gasteiger partial charge in [0.05, 0.1) is 6.54 Å². The van der Waals surface area contributed by atoms with Crippen LogP contribution in [0, 0.1) is 0 Å². The van der Waals surface area contributed by atoms with Crippen LogP contribution in [0.15, 0.2) is 30.3 Å². The second kappa shape index (κ2) is 6.33. The van der Waals surface area contributed by atoms with Gasteiger partial charge < -0.3 is 10.2 Å². The number of carbonyl (C=O) groups is 2. The zero-order valence-electron chi connectivity index (χ0n) is 11.2. The predicted molar refractivity (Wildman–Crippen MR) is 71.6 cm³/mol. The molecule has 1 saturated heterocycles. The van der Waals surface area contributed by atoms with Crippen LogP contribution in [0.25, 0.3) is 0 Å². The van der Waals surface area contributed by atoms with Crippen molar-refractivity contribution in [2.24, 2.45) is 0 Å².